The van der Waals surface area contributed by atoms with Crippen LogP contribution in [0.1, 0.15) is 28.5 Å². The van der Waals surface area contributed by atoms with Crippen LogP contribution < -0.4 is 4.90 Å². The Hall–Kier alpha value is -4.12. The van der Waals surface area contributed by atoms with E-state index in [0.717, 1.165) is 40.6 Å². The second-order valence-corrected chi connectivity index (χ2v) is 8.02. The fourth-order valence-corrected chi connectivity index (χ4v) is 4.15. The van der Waals surface area contributed by atoms with E-state index in [2.05, 4.69) is 81.6 Å². The molecule has 0 aliphatic carbocycles. The summed E-state index contributed by atoms with van der Waals surface area (Å²) >= 11 is 0. The summed E-state index contributed by atoms with van der Waals surface area (Å²) in [5.41, 5.74) is 5.85. The van der Waals surface area contributed by atoms with Gasteiger partial charge in [-0.2, -0.15) is 0 Å². The topological polar surface area (TPSA) is 58.2 Å². The van der Waals surface area contributed by atoms with Gasteiger partial charge in [-0.25, -0.2) is 9.78 Å². The van der Waals surface area contributed by atoms with E-state index in [1.165, 1.54) is 11.1 Å². The Kier molecular flexibility index (Phi) is 5.77. The SMILES string of the molecule is CCOC(=O)c1cc2c(cn1)[nH]c1ccc(N(Cc3ccccc3)Cc3ccccc3)cc12. The molecule has 0 amide bonds. The van der Waals surface area contributed by atoms with Crippen LogP contribution in [-0.4, -0.2) is 22.5 Å². The quantitative estimate of drug-likeness (QED) is 0.314. The summed E-state index contributed by atoms with van der Waals surface area (Å²) in [6, 6.07) is 29.2. The zero-order valence-corrected chi connectivity index (χ0v) is 18.5. The van der Waals surface area contributed by atoms with Crippen LogP contribution in [0.5, 0.6) is 0 Å². The van der Waals surface area contributed by atoms with E-state index in [1.807, 2.05) is 18.2 Å². The number of esters is 1. The van der Waals surface area contributed by atoms with Crippen molar-refractivity contribution in [3.8, 4) is 0 Å². The summed E-state index contributed by atoms with van der Waals surface area (Å²) in [6.45, 7) is 3.70. The number of aromatic amines is 1. The normalized spacial score (nSPS) is 11.1. The zero-order chi connectivity index (χ0) is 22.6. The monoisotopic (exact) mass is 435 g/mol. The molecule has 0 saturated carbocycles. The van der Waals surface area contributed by atoms with Crippen LogP contribution in [0.4, 0.5) is 5.69 Å². The molecule has 0 spiro atoms. The Bertz CT molecular complexity index is 1350. The van der Waals surface area contributed by atoms with Gasteiger partial charge in [0, 0.05) is 35.1 Å². The van der Waals surface area contributed by atoms with Crippen LogP contribution in [0.2, 0.25) is 0 Å². The van der Waals surface area contributed by atoms with Crippen molar-refractivity contribution in [3.63, 3.8) is 0 Å². The average Bonchev–Trinajstić information content (AvgIpc) is 3.22. The van der Waals surface area contributed by atoms with E-state index in [1.54, 1.807) is 13.1 Å². The van der Waals surface area contributed by atoms with Gasteiger partial charge < -0.3 is 14.6 Å². The number of ether oxygens (including phenoxy) is 1. The molecule has 0 aliphatic rings. The molecule has 5 nitrogen and oxygen atoms in total. The summed E-state index contributed by atoms with van der Waals surface area (Å²) in [6.07, 6.45) is 1.70. The molecule has 0 saturated heterocycles. The zero-order valence-electron chi connectivity index (χ0n) is 18.5. The van der Waals surface area contributed by atoms with Crippen molar-refractivity contribution in [3.05, 3.63) is 108 Å². The molecule has 0 bridgehead atoms. The number of nitrogens with one attached hydrogen (secondary N) is 1. The van der Waals surface area contributed by atoms with Crippen molar-refractivity contribution >= 4 is 33.5 Å². The fraction of sp³-hybridized carbons (Fsp3) is 0.143. The molecule has 5 rings (SSSR count). The van der Waals surface area contributed by atoms with Crippen molar-refractivity contribution in [2.24, 2.45) is 0 Å². The molecule has 164 valence electrons. The van der Waals surface area contributed by atoms with Crippen molar-refractivity contribution in [1.82, 2.24) is 9.97 Å². The van der Waals surface area contributed by atoms with E-state index in [4.69, 9.17) is 4.74 Å². The van der Waals surface area contributed by atoms with Gasteiger partial charge in [0.25, 0.3) is 0 Å². The lowest BCUT2D eigenvalue weighted by Crippen LogP contribution is -2.22. The number of pyridine rings is 1. The summed E-state index contributed by atoms with van der Waals surface area (Å²) in [4.78, 5) is 22.3. The fourth-order valence-electron chi connectivity index (χ4n) is 4.15. The van der Waals surface area contributed by atoms with Crippen LogP contribution in [0.25, 0.3) is 21.8 Å². The molecule has 0 radical (unpaired) electrons. The Labute approximate surface area is 192 Å². The molecule has 5 aromatic rings. The number of carbonyl (C=O) groups excluding carboxylic acids is 1. The summed E-state index contributed by atoms with van der Waals surface area (Å²) in [5.74, 6) is -0.403. The Morgan fingerprint density at radius 2 is 1.48 bits per heavy atom. The highest BCUT2D eigenvalue weighted by Crippen LogP contribution is 2.31. The second kappa shape index (κ2) is 9.17. The average molecular weight is 436 g/mol. The Morgan fingerprint density at radius 3 is 2.12 bits per heavy atom. The number of H-pyrrole nitrogens is 1. The number of fused-ring (bicyclic) bond motifs is 3. The third-order valence-corrected chi connectivity index (χ3v) is 5.75. The van der Waals surface area contributed by atoms with E-state index in [0.29, 0.717) is 12.3 Å². The summed E-state index contributed by atoms with van der Waals surface area (Å²) in [7, 11) is 0. The predicted molar refractivity (Wildman–Crippen MR) is 132 cm³/mol. The summed E-state index contributed by atoms with van der Waals surface area (Å²) < 4.78 is 5.14. The predicted octanol–water partition coefficient (Wildman–Crippen LogP) is 6.10. The van der Waals surface area contributed by atoms with Gasteiger partial charge in [0.2, 0.25) is 0 Å². The van der Waals surface area contributed by atoms with Gasteiger partial charge in [0.15, 0.2) is 0 Å². The molecule has 0 fully saturated rings. The Morgan fingerprint density at radius 1 is 0.848 bits per heavy atom. The van der Waals surface area contributed by atoms with Crippen molar-refractivity contribution in [2.75, 3.05) is 11.5 Å². The minimum atomic E-state index is -0.403. The van der Waals surface area contributed by atoms with Crippen molar-refractivity contribution in [1.29, 1.82) is 0 Å². The molecular weight excluding hydrogens is 410 g/mol. The number of rotatable bonds is 7. The third kappa shape index (κ3) is 4.44. The molecule has 5 heteroatoms. The van der Waals surface area contributed by atoms with Crippen LogP contribution in [0, 0.1) is 0 Å². The van der Waals surface area contributed by atoms with Crippen LogP contribution >= 0.6 is 0 Å². The number of carbonyl (C=O) groups is 1. The lowest BCUT2D eigenvalue weighted by molar-refractivity contribution is 0.0519. The van der Waals surface area contributed by atoms with Gasteiger partial charge in [-0.1, -0.05) is 60.7 Å². The lowest BCUT2D eigenvalue weighted by atomic mass is 10.1. The van der Waals surface area contributed by atoms with Gasteiger partial charge in [-0.3, -0.25) is 0 Å². The molecular formula is C28H25N3O2. The van der Waals surface area contributed by atoms with Crippen LogP contribution in [0.15, 0.2) is 91.1 Å². The highest BCUT2D eigenvalue weighted by Gasteiger charge is 2.15. The minimum absolute atomic E-state index is 0.320. The van der Waals surface area contributed by atoms with E-state index in [9.17, 15) is 4.79 Å². The summed E-state index contributed by atoms with van der Waals surface area (Å²) in [5, 5.41) is 2.02. The second-order valence-electron chi connectivity index (χ2n) is 8.02. The Balaban J connectivity index is 1.57. The van der Waals surface area contributed by atoms with E-state index >= 15 is 0 Å². The smallest absolute Gasteiger partial charge is 0.356 e. The van der Waals surface area contributed by atoms with Gasteiger partial charge in [0.05, 0.1) is 18.3 Å². The van der Waals surface area contributed by atoms with Gasteiger partial charge in [-0.15, -0.1) is 0 Å². The standard InChI is InChI=1S/C28H25N3O2/c1-2-33-28(32)26-16-24-23-15-22(13-14-25(23)30-27(24)17-29-26)31(18-20-9-5-3-6-10-20)19-21-11-7-4-8-12-21/h3-17,30H,2,18-19H2,1H3. The molecule has 0 aliphatic heterocycles. The first-order valence-corrected chi connectivity index (χ1v) is 11.1. The highest BCUT2D eigenvalue weighted by molar-refractivity contribution is 6.09. The van der Waals surface area contributed by atoms with Crippen molar-refractivity contribution < 1.29 is 9.53 Å². The van der Waals surface area contributed by atoms with Crippen LogP contribution in [-0.2, 0) is 17.8 Å². The first kappa shape index (κ1) is 20.8. The van der Waals surface area contributed by atoms with E-state index in [-0.39, 0.29) is 0 Å². The number of anilines is 1. The molecule has 3 aromatic carbocycles. The molecule has 2 aromatic heterocycles. The minimum Gasteiger partial charge on any atom is -0.461 e. The molecule has 33 heavy (non-hydrogen) atoms. The largest absolute Gasteiger partial charge is 0.461 e. The van der Waals surface area contributed by atoms with Gasteiger partial charge >= 0.3 is 5.97 Å². The number of benzene rings is 3. The van der Waals surface area contributed by atoms with E-state index < -0.39 is 5.97 Å². The molecule has 0 atom stereocenters. The van der Waals surface area contributed by atoms with Crippen molar-refractivity contribution in [2.45, 2.75) is 20.0 Å². The maximum atomic E-state index is 12.2. The number of nitrogens with zero attached hydrogens (tertiary/aromatic N) is 2. The lowest BCUT2D eigenvalue weighted by Gasteiger charge is -2.25. The first-order valence-electron chi connectivity index (χ1n) is 11.1. The number of hydrogen-bond donors (Lipinski definition) is 1. The molecule has 1 N–H and O–H groups in total. The maximum Gasteiger partial charge on any atom is 0.356 e. The van der Waals surface area contributed by atoms with Crippen LogP contribution in [0.3, 0.4) is 0 Å². The third-order valence-electron chi connectivity index (χ3n) is 5.75. The number of hydrogen-bond acceptors (Lipinski definition) is 4. The first-order chi connectivity index (χ1) is 16.2. The molecule has 2 heterocycles. The highest BCUT2D eigenvalue weighted by atomic mass is 16.5. The molecule has 0 unspecified atom stereocenters. The maximum absolute atomic E-state index is 12.2. The van der Waals surface area contributed by atoms with Gasteiger partial charge in [-0.05, 0) is 42.3 Å². The van der Waals surface area contributed by atoms with Gasteiger partial charge in [0.1, 0.15) is 5.69 Å². The number of aromatic nitrogens is 2.